The van der Waals surface area contributed by atoms with Crippen molar-refractivity contribution in [2.24, 2.45) is 0 Å². The fraction of sp³-hybridized carbons (Fsp3) is 0.545. The van der Waals surface area contributed by atoms with Gasteiger partial charge in [-0.3, -0.25) is 4.21 Å². The van der Waals surface area contributed by atoms with E-state index in [1.54, 1.807) is 12.3 Å². The molecule has 0 radical (unpaired) electrons. The maximum Gasteiger partial charge on any atom is 0.129 e. The van der Waals surface area contributed by atoms with Gasteiger partial charge in [-0.25, -0.2) is 4.98 Å². The van der Waals surface area contributed by atoms with E-state index in [1.807, 2.05) is 6.07 Å². The van der Waals surface area contributed by atoms with Gasteiger partial charge in [0, 0.05) is 28.8 Å². The van der Waals surface area contributed by atoms with Crippen molar-refractivity contribution in [2.45, 2.75) is 23.8 Å². The largest absolute Gasteiger partial charge is 0.316 e. The van der Waals surface area contributed by atoms with Gasteiger partial charge in [-0.05, 0) is 31.0 Å². The van der Waals surface area contributed by atoms with E-state index in [9.17, 15) is 4.21 Å². The molecule has 0 spiro atoms. The highest BCUT2D eigenvalue weighted by atomic mass is 35.5. The number of nitrogens with one attached hydrogen (secondary N) is 1. The van der Waals surface area contributed by atoms with E-state index in [-0.39, 0.29) is 5.25 Å². The standard InChI is InChI=1S/C11H15ClN2OS/c12-11-4-3-9(6-14-11)8-16(15)10-2-1-5-13-7-10/h3-4,6,10,13H,1-2,5,7-8H2. The van der Waals surface area contributed by atoms with Gasteiger partial charge in [-0.2, -0.15) is 0 Å². The number of pyridine rings is 1. The Morgan fingerprint density at radius 1 is 1.56 bits per heavy atom. The lowest BCUT2D eigenvalue weighted by atomic mass is 10.2. The first-order valence-electron chi connectivity index (χ1n) is 5.44. The summed E-state index contributed by atoms with van der Waals surface area (Å²) in [5.41, 5.74) is 0.994. The molecule has 1 N–H and O–H groups in total. The molecule has 0 saturated carbocycles. The van der Waals surface area contributed by atoms with Crippen LogP contribution >= 0.6 is 11.6 Å². The summed E-state index contributed by atoms with van der Waals surface area (Å²) in [6.45, 7) is 1.92. The van der Waals surface area contributed by atoms with Crippen molar-refractivity contribution in [3.8, 4) is 0 Å². The third-order valence-corrected chi connectivity index (χ3v) is 4.71. The molecule has 0 amide bonds. The minimum absolute atomic E-state index is 0.282. The number of rotatable bonds is 3. The van der Waals surface area contributed by atoms with Crippen molar-refractivity contribution in [1.29, 1.82) is 0 Å². The Bertz CT molecular complexity index is 363. The van der Waals surface area contributed by atoms with Crippen molar-refractivity contribution in [3.05, 3.63) is 29.0 Å². The molecular weight excluding hydrogens is 244 g/mol. The molecule has 1 aliphatic rings. The summed E-state index contributed by atoms with van der Waals surface area (Å²) in [7, 11) is -0.810. The molecule has 1 aromatic heterocycles. The van der Waals surface area contributed by atoms with Crippen LogP contribution < -0.4 is 5.32 Å². The summed E-state index contributed by atoms with van der Waals surface area (Å²) in [5, 5.41) is 4.04. The SMILES string of the molecule is O=S(Cc1ccc(Cl)nc1)C1CCCNC1. The van der Waals surface area contributed by atoms with Crippen LogP contribution in [-0.2, 0) is 16.6 Å². The molecule has 16 heavy (non-hydrogen) atoms. The summed E-state index contributed by atoms with van der Waals surface area (Å²) in [6, 6.07) is 3.64. The first-order chi connectivity index (χ1) is 7.75. The van der Waals surface area contributed by atoms with E-state index in [1.165, 1.54) is 0 Å². The highest BCUT2D eigenvalue weighted by Crippen LogP contribution is 2.14. The van der Waals surface area contributed by atoms with Crippen LogP contribution in [0.15, 0.2) is 18.3 Å². The van der Waals surface area contributed by atoms with Gasteiger partial charge >= 0.3 is 0 Å². The minimum atomic E-state index is -0.810. The Labute approximate surface area is 103 Å². The minimum Gasteiger partial charge on any atom is -0.316 e. The van der Waals surface area contributed by atoms with E-state index in [0.29, 0.717) is 10.9 Å². The Morgan fingerprint density at radius 3 is 3.06 bits per heavy atom. The lowest BCUT2D eigenvalue weighted by Crippen LogP contribution is -2.36. The zero-order valence-electron chi connectivity index (χ0n) is 8.99. The van der Waals surface area contributed by atoms with Crippen LogP contribution in [0.5, 0.6) is 0 Å². The number of halogens is 1. The first kappa shape index (κ1) is 12.0. The Hall–Kier alpha value is -0.450. The van der Waals surface area contributed by atoms with E-state index in [0.717, 1.165) is 31.5 Å². The fourth-order valence-electron chi connectivity index (χ4n) is 1.82. The summed E-state index contributed by atoms with van der Waals surface area (Å²) in [6.07, 6.45) is 3.88. The highest BCUT2D eigenvalue weighted by molar-refractivity contribution is 7.84. The van der Waals surface area contributed by atoms with Gasteiger partial charge in [0.2, 0.25) is 0 Å². The summed E-state index contributed by atoms with van der Waals surface area (Å²) in [4.78, 5) is 3.99. The molecule has 88 valence electrons. The second kappa shape index (κ2) is 5.75. The zero-order valence-corrected chi connectivity index (χ0v) is 10.6. The summed E-state index contributed by atoms with van der Waals surface area (Å²) < 4.78 is 12.1. The first-order valence-corrected chi connectivity index (χ1v) is 7.20. The lowest BCUT2D eigenvalue weighted by molar-refractivity contribution is 0.519. The maximum atomic E-state index is 12.1. The average Bonchev–Trinajstić information content (AvgIpc) is 2.33. The predicted octanol–water partition coefficient (Wildman–Crippen LogP) is 1.74. The second-order valence-electron chi connectivity index (χ2n) is 3.98. The van der Waals surface area contributed by atoms with Crippen LogP contribution in [0.2, 0.25) is 5.15 Å². The molecule has 2 rings (SSSR count). The fourth-order valence-corrected chi connectivity index (χ4v) is 3.40. The number of nitrogens with zero attached hydrogens (tertiary/aromatic N) is 1. The van der Waals surface area contributed by atoms with Gasteiger partial charge in [-0.15, -0.1) is 0 Å². The van der Waals surface area contributed by atoms with Crippen LogP contribution in [0.3, 0.4) is 0 Å². The molecule has 0 aliphatic carbocycles. The van der Waals surface area contributed by atoms with E-state index in [2.05, 4.69) is 10.3 Å². The molecule has 2 unspecified atom stereocenters. The average molecular weight is 259 g/mol. The van der Waals surface area contributed by atoms with Crippen LogP contribution in [0.4, 0.5) is 0 Å². The Morgan fingerprint density at radius 2 is 2.44 bits per heavy atom. The van der Waals surface area contributed by atoms with Gasteiger partial charge in [0.05, 0.1) is 5.75 Å². The molecule has 0 bridgehead atoms. The quantitative estimate of drug-likeness (QED) is 0.840. The van der Waals surface area contributed by atoms with Crippen molar-refractivity contribution in [3.63, 3.8) is 0 Å². The molecular formula is C11H15ClN2OS. The van der Waals surface area contributed by atoms with Gasteiger partial charge < -0.3 is 5.32 Å². The number of piperidine rings is 1. The molecule has 1 saturated heterocycles. The van der Waals surface area contributed by atoms with Gasteiger partial charge in [0.15, 0.2) is 0 Å². The van der Waals surface area contributed by atoms with E-state index < -0.39 is 10.8 Å². The van der Waals surface area contributed by atoms with Crippen LogP contribution in [0, 0.1) is 0 Å². The van der Waals surface area contributed by atoms with Gasteiger partial charge in [-0.1, -0.05) is 17.7 Å². The van der Waals surface area contributed by atoms with Crippen LogP contribution in [-0.4, -0.2) is 27.5 Å². The molecule has 1 aliphatic heterocycles. The zero-order chi connectivity index (χ0) is 11.4. The van der Waals surface area contributed by atoms with Crippen LogP contribution in [0.25, 0.3) is 0 Å². The summed E-state index contributed by atoms with van der Waals surface area (Å²) in [5.74, 6) is 0.580. The van der Waals surface area contributed by atoms with E-state index >= 15 is 0 Å². The Kier molecular flexibility index (Phi) is 4.32. The van der Waals surface area contributed by atoms with Crippen molar-refractivity contribution in [1.82, 2.24) is 10.3 Å². The molecule has 2 heterocycles. The monoisotopic (exact) mass is 258 g/mol. The molecule has 3 nitrogen and oxygen atoms in total. The van der Waals surface area contributed by atoms with Crippen LogP contribution in [0.1, 0.15) is 18.4 Å². The third kappa shape index (κ3) is 3.27. The predicted molar refractivity (Wildman–Crippen MR) is 67.0 cm³/mol. The molecule has 1 aromatic rings. The van der Waals surface area contributed by atoms with Gasteiger partial charge in [0.1, 0.15) is 5.15 Å². The van der Waals surface area contributed by atoms with Crippen molar-refractivity contribution >= 4 is 22.4 Å². The molecule has 0 aromatic carbocycles. The normalized spacial score (nSPS) is 22.9. The molecule has 1 fully saturated rings. The van der Waals surface area contributed by atoms with Crippen molar-refractivity contribution in [2.75, 3.05) is 13.1 Å². The topological polar surface area (TPSA) is 42.0 Å². The number of hydrogen-bond acceptors (Lipinski definition) is 3. The van der Waals surface area contributed by atoms with E-state index in [4.69, 9.17) is 11.6 Å². The Balaban J connectivity index is 1.93. The third-order valence-electron chi connectivity index (χ3n) is 2.72. The lowest BCUT2D eigenvalue weighted by Gasteiger charge is -2.21. The molecule has 2 atom stereocenters. The summed E-state index contributed by atoms with van der Waals surface area (Å²) >= 11 is 5.70. The highest BCUT2D eigenvalue weighted by Gasteiger charge is 2.19. The number of aromatic nitrogens is 1. The number of hydrogen-bond donors (Lipinski definition) is 1. The maximum absolute atomic E-state index is 12.1. The molecule has 5 heteroatoms. The van der Waals surface area contributed by atoms with Gasteiger partial charge in [0.25, 0.3) is 0 Å². The second-order valence-corrected chi connectivity index (χ2v) is 6.09. The smallest absolute Gasteiger partial charge is 0.129 e. The van der Waals surface area contributed by atoms with Crippen molar-refractivity contribution < 1.29 is 4.21 Å².